The van der Waals surface area contributed by atoms with Gasteiger partial charge >= 0.3 is 11.9 Å². The Kier molecular flexibility index (Phi) is 6.19. The largest absolute Gasteiger partial charge is 0.462 e. The Bertz CT molecular complexity index is 584. The van der Waals surface area contributed by atoms with Crippen molar-refractivity contribution in [2.45, 2.75) is 13.8 Å². The Morgan fingerprint density at radius 1 is 1.24 bits per heavy atom. The van der Waals surface area contributed by atoms with Crippen molar-refractivity contribution < 1.29 is 19.1 Å². The number of nitrogens with one attached hydrogen (secondary N) is 1. The molecule has 114 valence electrons. The van der Waals surface area contributed by atoms with Crippen LogP contribution in [0, 0.1) is 0 Å². The van der Waals surface area contributed by atoms with Crippen LogP contribution in [-0.2, 0) is 26.1 Å². The number of carbonyl (C=O) groups excluding carboxylic acids is 2. The fourth-order valence-electron chi connectivity index (χ4n) is 1.48. The van der Waals surface area contributed by atoms with Gasteiger partial charge in [-0.3, -0.25) is 4.79 Å². The van der Waals surface area contributed by atoms with Crippen LogP contribution in [0.25, 0.3) is 0 Å². The highest BCUT2D eigenvalue weighted by Crippen LogP contribution is 2.05. The molecule has 0 saturated carbocycles. The van der Waals surface area contributed by atoms with Crippen molar-refractivity contribution in [1.82, 2.24) is 4.57 Å². The molecular formula is C14H18N2O5. The zero-order chi connectivity index (χ0) is 15.8. The van der Waals surface area contributed by atoms with Crippen LogP contribution in [0.15, 0.2) is 34.9 Å². The molecule has 0 aliphatic heterocycles. The molecular weight excluding hydrogens is 276 g/mol. The Labute approximate surface area is 122 Å². The van der Waals surface area contributed by atoms with Crippen molar-refractivity contribution in [3.8, 4) is 0 Å². The van der Waals surface area contributed by atoms with Gasteiger partial charge in [-0.2, -0.15) is 0 Å². The number of carbonyl (C=O) groups is 2. The molecule has 1 aromatic heterocycles. The third-order valence-electron chi connectivity index (χ3n) is 2.49. The van der Waals surface area contributed by atoms with E-state index in [1.54, 1.807) is 33.2 Å². The van der Waals surface area contributed by atoms with Gasteiger partial charge in [0, 0.05) is 19.4 Å². The summed E-state index contributed by atoms with van der Waals surface area (Å²) < 4.78 is 10.9. The van der Waals surface area contributed by atoms with Crippen molar-refractivity contribution >= 4 is 17.6 Å². The molecule has 0 unspecified atom stereocenters. The predicted molar refractivity (Wildman–Crippen MR) is 76.7 cm³/mol. The van der Waals surface area contributed by atoms with E-state index in [0.717, 1.165) is 6.20 Å². The van der Waals surface area contributed by atoms with Crippen LogP contribution in [0.1, 0.15) is 13.8 Å². The molecule has 0 aliphatic rings. The Hall–Kier alpha value is -2.57. The standard InChI is InChI=1S/C14H18N2O5/c1-4-20-13(18)10(14(19)21-5-2)9-15-11-7-6-8-16(3)12(11)17/h6-9,15H,4-5H2,1-3H3. The second-order valence-corrected chi connectivity index (χ2v) is 3.98. The first-order valence-electron chi connectivity index (χ1n) is 6.47. The van der Waals surface area contributed by atoms with Crippen molar-refractivity contribution in [3.63, 3.8) is 0 Å². The van der Waals surface area contributed by atoms with Gasteiger partial charge in [0.25, 0.3) is 5.56 Å². The monoisotopic (exact) mass is 294 g/mol. The van der Waals surface area contributed by atoms with E-state index in [9.17, 15) is 14.4 Å². The van der Waals surface area contributed by atoms with Gasteiger partial charge in [0.2, 0.25) is 0 Å². The van der Waals surface area contributed by atoms with E-state index < -0.39 is 11.9 Å². The van der Waals surface area contributed by atoms with Crippen LogP contribution < -0.4 is 10.9 Å². The molecule has 0 saturated heterocycles. The number of rotatable bonds is 6. The van der Waals surface area contributed by atoms with Gasteiger partial charge in [0.15, 0.2) is 5.57 Å². The molecule has 1 heterocycles. The zero-order valence-electron chi connectivity index (χ0n) is 12.2. The number of aryl methyl sites for hydroxylation is 1. The number of esters is 2. The quantitative estimate of drug-likeness (QED) is 0.361. The predicted octanol–water partition coefficient (Wildman–Crippen LogP) is 0.807. The van der Waals surface area contributed by atoms with Crippen LogP contribution in [0.4, 0.5) is 5.69 Å². The zero-order valence-corrected chi connectivity index (χ0v) is 12.2. The van der Waals surface area contributed by atoms with Crippen LogP contribution in [0.2, 0.25) is 0 Å². The SMILES string of the molecule is CCOC(=O)C(=CNc1cccn(C)c1=O)C(=O)OCC. The first kappa shape index (κ1) is 16.5. The number of hydrogen-bond acceptors (Lipinski definition) is 6. The van der Waals surface area contributed by atoms with Crippen molar-refractivity contribution in [3.05, 3.63) is 40.5 Å². The van der Waals surface area contributed by atoms with Crippen molar-refractivity contribution in [1.29, 1.82) is 0 Å². The molecule has 0 atom stereocenters. The topological polar surface area (TPSA) is 86.6 Å². The van der Waals surface area contributed by atoms with E-state index >= 15 is 0 Å². The highest BCUT2D eigenvalue weighted by molar-refractivity contribution is 6.14. The lowest BCUT2D eigenvalue weighted by Crippen LogP contribution is -2.22. The normalized spacial score (nSPS) is 9.67. The summed E-state index contributed by atoms with van der Waals surface area (Å²) in [4.78, 5) is 35.2. The molecule has 0 aliphatic carbocycles. The third-order valence-corrected chi connectivity index (χ3v) is 2.49. The van der Waals surface area contributed by atoms with Crippen LogP contribution in [0.5, 0.6) is 0 Å². The maximum Gasteiger partial charge on any atom is 0.347 e. The fraction of sp³-hybridized carbons (Fsp3) is 0.357. The number of hydrogen-bond donors (Lipinski definition) is 1. The summed E-state index contributed by atoms with van der Waals surface area (Å²) in [6.45, 7) is 3.51. The maximum absolute atomic E-state index is 11.8. The molecule has 1 rings (SSSR count). The van der Waals surface area contributed by atoms with E-state index in [-0.39, 0.29) is 30.0 Å². The van der Waals surface area contributed by atoms with Crippen LogP contribution in [0.3, 0.4) is 0 Å². The minimum Gasteiger partial charge on any atom is -0.462 e. The smallest absolute Gasteiger partial charge is 0.347 e. The van der Waals surface area contributed by atoms with Crippen molar-refractivity contribution in [2.75, 3.05) is 18.5 Å². The van der Waals surface area contributed by atoms with Gasteiger partial charge in [-0.05, 0) is 26.0 Å². The Morgan fingerprint density at radius 3 is 2.33 bits per heavy atom. The molecule has 1 N–H and O–H groups in total. The molecule has 1 aromatic rings. The van der Waals surface area contributed by atoms with Gasteiger partial charge in [-0.25, -0.2) is 9.59 Å². The van der Waals surface area contributed by atoms with Gasteiger partial charge in [0.1, 0.15) is 5.69 Å². The summed E-state index contributed by atoms with van der Waals surface area (Å²) in [6, 6.07) is 3.19. The lowest BCUT2D eigenvalue weighted by molar-refractivity contribution is -0.146. The number of anilines is 1. The highest BCUT2D eigenvalue weighted by Gasteiger charge is 2.21. The summed E-state index contributed by atoms with van der Waals surface area (Å²) in [5.74, 6) is -1.62. The lowest BCUT2D eigenvalue weighted by Gasteiger charge is -2.08. The van der Waals surface area contributed by atoms with Gasteiger partial charge < -0.3 is 19.4 Å². The summed E-state index contributed by atoms with van der Waals surface area (Å²) in [6.07, 6.45) is 2.71. The summed E-state index contributed by atoms with van der Waals surface area (Å²) in [7, 11) is 1.59. The summed E-state index contributed by atoms with van der Waals surface area (Å²) in [5.41, 5.74) is -0.364. The van der Waals surface area contributed by atoms with E-state index in [2.05, 4.69) is 5.32 Å². The van der Waals surface area contributed by atoms with E-state index in [0.29, 0.717) is 0 Å². The average Bonchev–Trinajstić information content (AvgIpc) is 2.44. The minimum atomic E-state index is -0.809. The second-order valence-electron chi connectivity index (χ2n) is 3.98. The highest BCUT2D eigenvalue weighted by atomic mass is 16.6. The number of pyridine rings is 1. The molecule has 0 radical (unpaired) electrons. The van der Waals surface area contributed by atoms with E-state index in [1.807, 2.05) is 0 Å². The van der Waals surface area contributed by atoms with Gasteiger partial charge in [0.05, 0.1) is 13.2 Å². The van der Waals surface area contributed by atoms with Crippen LogP contribution in [-0.4, -0.2) is 29.7 Å². The number of nitrogens with zero attached hydrogens (tertiary/aromatic N) is 1. The molecule has 7 nitrogen and oxygen atoms in total. The molecule has 0 bridgehead atoms. The van der Waals surface area contributed by atoms with E-state index in [4.69, 9.17) is 9.47 Å². The summed E-state index contributed by atoms with van der Waals surface area (Å²) >= 11 is 0. The first-order chi connectivity index (χ1) is 10.0. The Balaban J connectivity index is 3.02. The average molecular weight is 294 g/mol. The van der Waals surface area contributed by atoms with E-state index in [1.165, 1.54) is 10.6 Å². The minimum absolute atomic E-state index is 0.128. The molecule has 0 fully saturated rings. The first-order valence-corrected chi connectivity index (χ1v) is 6.47. The fourth-order valence-corrected chi connectivity index (χ4v) is 1.48. The van der Waals surface area contributed by atoms with Gasteiger partial charge in [-0.1, -0.05) is 0 Å². The summed E-state index contributed by atoms with van der Waals surface area (Å²) in [5, 5.41) is 2.64. The van der Waals surface area contributed by atoms with Crippen molar-refractivity contribution in [2.24, 2.45) is 7.05 Å². The number of ether oxygens (including phenoxy) is 2. The molecule has 21 heavy (non-hydrogen) atoms. The third kappa shape index (κ3) is 4.48. The molecule has 0 aromatic carbocycles. The van der Waals surface area contributed by atoms with Gasteiger partial charge in [-0.15, -0.1) is 0 Å². The molecule has 7 heteroatoms. The maximum atomic E-state index is 11.8. The molecule has 0 amide bonds. The van der Waals surface area contributed by atoms with Crippen LogP contribution >= 0.6 is 0 Å². The second kappa shape index (κ2) is 7.88. The molecule has 0 spiro atoms. The number of aromatic nitrogens is 1. The lowest BCUT2D eigenvalue weighted by atomic mass is 10.3. The Morgan fingerprint density at radius 2 is 1.81 bits per heavy atom.